The van der Waals surface area contributed by atoms with Crippen LogP contribution in [0.2, 0.25) is 0 Å². The molecule has 0 aromatic carbocycles. The highest BCUT2D eigenvalue weighted by Gasteiger charge is 2.18. The number of hydrogen-bond donors (Lipinski definition) is 1. The van der Waals surface area contributed by atoms with Crippen LogP contribution in [0.3, 0.4) is 0 Å². The first kappa shape index (κ1) is 14.0. The molecule has 0 aromatic rings. The van der Waals surface area contributed by atoms with Crippen LogP contribution in [0.1, 0.15) is 66.7 Å². The van der Waals surface area contributed by atoms with Crippen LogP contribution in [-0.4, -0.2) is 6.04 Å². The molecular weight excluding hydrogens is 170 g/mol. The van der Waals surface area contributed by atoms with Gasteiger partial charge in [0.1, 0.15) is 0 Å². The van der Waals surface area contributed by atoms with E-state index < -0.39 is 0 Å². The highest BCUT2D eigenvalue weighted by Crippen LogP contribution is 2.25. The van der Waals surface area contributed by atoms with E-state index in [1.807, 2.05) is 0 Å². The average Bonchev–Trinajstić information content (AvgIpc) is 2.09. The lowest BCUT2D eigenvalue weighted by Crippen LogP contribution is -2.30. The summed E-state index contributed by atoms with van der Waals surface area (Å²) < 4.78 is 0. The fourth-order valence-corrected chi connectivity index (χ4v) is 1.93. The van der Waals surface area contributed by atoms with Gasteiger partial charge in [-0.2, -0.15) is 0 Å². The number of rotatable bonds is 6. The second-order valence-corrected chi connectivity index (χ2v) is 5.72. The van der Waals surface area contributed by atoms with Crippen molar-refractivity contribution in [2.75, 3.05) is 0 Å². The van der Waals surface area contributed by atoms with Crippen LogP contribution in [0.15, 0.2) is 0 Å². The minimum absolute atomic E-state index is 0.416. The van der Waals surface area contributed by atoms with E-state index in [9.17, 15) is 0 Å². The van der Waals surface area contributed by atoms with Gasteiger partial charge in [-0.05, 0) is 30.6 Å². The molecule has 0 aliphatic rings. The summed E-state index contributed by atoms with van der Waals surface area (Å²) in [7, 11) is 0. The maximum Gasteiger partial charge on any atom is 0.00672 e. The van der Waals surface area contributed by atoms with Crippen molar-refractivity contribution in [1.82, 2.24) is 0 Å². The Balaban J connectivity index is 3.85. The van der Waals surface area contributed by atoms with Crippen LogP contribution in [-0.2, 0) is 0 Å². The fourth-order valence-electron chi connectivity index (χ4n) is 1.93. The van der Waals surface area contributed by atoms with E-state index in [1.165, 1.54) is 32.1 Å². The van der Waals surface area contributed by atoms with Gasteiger partial charge in [0.15, 0.2) is 0 Å². The van der Waals surface area contributed by atoms with Crippen molar-refractivity contribution in [3.63, 3.8) is 0 Å². The predicted octanol–water partition coefficient (Wildman–Crippen LogP) is 3.97. The van der Waals surface area contributed by atoms with Crippen molar-refractivity contribution in [2.24, 2.45) is 17.1 Å². The smallest absolute Gasteiger partial charge is 0.00672 e. The number of nitrogens with two attached hydrogens (primary N) is 1. The third kappa shape index (κ3) is 6.42. The quantitative estimate of drug-likeness (QED) is 0.688. The van der Waals surface area contributed by atoms with Crippen molar-refractivity contribution in [1.29, 1.82) is 0 Å². The van der Waals surface area contributed by atoms with E-state index in [4.69, 9.17) is 5.73 Å². The lowest BCUT2D eigenvalue weighted by molar-refractivity contribution is 0.296. The molecule has 0 fully saturated rings. The normalized spacial score (nSPS) is 16.7. The van der Waals surface area contributed by atoms with Crippen LogP contribution in [0, 0.1) is 11.3 Å². The van der Waals surface area contributed by atoms with E-state index in [0.717, 1.165) is 5.92 Å². The summed E-state index contributed by atoms with van der Waals surface area (Å²) >= 11 is 0. The van der Waals surface area contributed by atoms with E-state index >= 15 is 0 Å². The van der Waals surface area contributed by atoms with Crippen molar-refractivity contribution >= 4 is 0 Å². The zero-order chi connectivity index (χ0) is 11.2. The van der Waals surface area contributed by atoms with Gasteiger partial charge >= 0.3 is 0 Å². The Kier molecular flexibility index (Phi) is 6.43. The van der Waals surface area contributed by atoms with E-state index in [-0.39, 0.29) is 0 Å². The summed E-state index contributed by atoms with van der Waals surface area (Å²) in [4.78, 5) is 0. The molecule has 0 aliphatic heterocycles. The fraction of sp³-hybridized carbons (Fsp3) is 1.00. The Morgan fingerprint density at radius 2 is 1.64 bits per heavy atom. The summed E-state index contributed by atoms with van der Waals surface area (Å²) in [6.07, 6.45) is 6.22. The largest absolute Gasteiger partial charge is 0.327 e. The summed E-state index contributed by atoms with van der Waals surface area (Å²) in [5.74, 6) is 0.738. The van der Waals surface area contributed by atoms with Crippen LogP contribution in [0.25, 0.3) is 0 Å². The van der Waals surface area contributed by atoms with Gasteiger partial charge in [-0.25, -0.2) is 0 Å². The third-order valence-corrected chi connectivity index (χ3v) is 3.02. The Hall–Kier alpha value is -0.0400. The summed E-state index contributed by atoms with van der Waals surface area (Å²) in [5.41, 5.74) is 6.65. The van der Waals surface area contributed by atoms with Crippen LogP contribution < -0.4 is 5.73 Å². The van der Waals surface area contributed by atoms with Gasteiger partial charge in [0, 0.05) is 6.04 Å². The first-order valence-corrected chi connectivity index (χ1v) is 6.16. The van der Waals surface area contributed by atoms with Crippen molar-refractivity contribution in [3.05, 3.63) is 0 Å². The Morgan fingerprint density at radius 1 is 1.07 bits per heavy atom. The van der Waals surface area contributed by atoms with E-state index in [2.05, 4.69) is 34.6 Å². The average molecular weight is 199 g/mol. The van der Waals surface area contributed by atoms with Gasteiger partial charge in [0.25, 0.3) is 0 Å². The molecule has 0 saturated heterocycles. The SMILES string of the molecule is CCCC(CC)C(N)CCC(C)(C)C. The summed E-state index contributed by atoms with van der Waals surface area (Å²) in [5, 5.41) is 0. The van der Waals surface area contributed by atoms with E-state index in [1.54, 1.807) is 0 Å². The van der Waals surface area contributed by atoms with Gasteiger partial charge in [-0.15, -0.1) is 0 Å². The van der Waals surface area contributed by atoms with Crippen LogP contribution >= 0.6 is 0 Å². The zero-order valence-electron chi connectivity index (χ0n) is 10.8. The maximum atomic E-state index is 6.22. The predicted molar refractivity (Wildman–Crippen MR) is 65.4 cm³/mol. The van der Waals surface area contributed by atoms with Crippen molar-refractivity contribution in [2.45, 2.75) is 72.8 Å². The highest BCUT2D eigenvalue weighted by atomic mass is 14.6. The van der Waals surface area contributed by atoms with Crippen LogP contribution in [0.5, 0.6) is 0 Å². The summed E-state index contributed by atoms with van der Waals surface area (Å²) in [6, 6.07) is 0.416. The standard InChI is InChI=1S/C13H29N/c1-6-8-11(7-2)12(14)9-10-13(3,4)5/h11-12H,6-10,14H2,1-5H3. The molecule has 0 rings (SSSR count). The molecule has 0 heterocycles. The van der Waals surface area contributed by atoms with Crippen molar-refractivity contribution in [3.8, 4) is 0 Å². The van der Waals surface area contributed by atoms with Crippen molar-refractivity contribution < 1.29 is 0 Å². The molecule has 0 radical (unpaired) electrons. The molecule has 2 N–H and O–H groups in total. The van der Waals surface area contributed by atoms with Gasteiger partial charge in [0.05, 0.1) is 0 Å². The van der Waals surface area contributed by atoms with Gasteiger partial charge in [0.2, 0.25) is 0 Å². The molecule has 0 amide bonds. The van der Waals surface area contributed by atoms with Gasteiger partial charge in [-0.3, -0.25) is 0 Å². The first-order valence-electron chi connectivity index (χ1n) is 6.16. The Bertz CT molecular complexity index is 135. The molecule has 1 nitrogen and oxygen atoms in total. The molecule has 2 unspecified atom stereocenters. The molecular formula is C13H29N. The minimum atomic E-state index is 0.416. The second kappa shape index (κ2) is 6.44. The first-order chi connectivity index (χ1) is 6.40. The monoisotopic (exact) mass is 199 g/mol. The van der Waals surface area contributed by atoms with Crippen LogP contribution in [0.4, 0.5) is 0 Å². The maximum absolute atomic E-state index is 6.22. The molecule has 0 spiro atoms. The lowest BCUT2D eigenvalue weighted by atomic mass is 9.83. The molecule has 14 heavy (non-hydrogen) atoms. The second-order valence-electron chi connectivity index (χ2n) is 5.72. The molecule has 0 aliphatic carbocycles. The molecule has 86 valence electrons. The minimum Gasteiger partial charge on any atom is -0.327 e. The molecule has 0 aromatic heterocycles. The van der Waals surface area contributed by atoms with E-state index in [0.29, 0.717) is 11.5 Å². The van der Waals surface area contributed by atoms with Gasteiger partial charge < -0.3 is 5.73 Å². The zero-order valence-corrected chi connectivity index (χ0v) is 10.8. The molecule has 0 saturated carbocycles. The number of hydrogen-bond acceptors (Lipinski definition) is 1. The molecule has 2 atom stereocenters. The molecule has 1 heteroatoms. The Morgan fingerprint density at radius 3 is 2.00 bits per heavy atom. The Labute approximate surface area is 90.5 Å². The van der Waals surface area contributed by atoms with Gasteiger partial charge in [-0.1, -0.05) is 47.5 Å². The summed E-state index contributed by atoms with van der Waals surface area (Å²) in [6.45, 7) is 11.4. The topological polar surface area (TPSA) is 26.0 Å². The highest BCUT2D eigenvalue weighted by molar-refractivity contribution is 4.74. The lowest BCUT2D eigenvalue weighted by Gasteiger charge is -2.26. The molecule has 0 bridgehead atoms. The third-order valence-electron chi connectivity index (χ3n) is 3.02.